The van der Waals surface area contributed by atoms with Gasteiger partial charge in [0.2, 0.25) is 5.82 Å². The fourth-order valence-corrected chi connectivity index (χ4v) is 2.26. The monoisotopic (exact) mass is 314 g/mol. The molecule has 4 nitrogen and oxygen atoms in total. The summed E-state index contributed by atoms with van der Waals surface area (Å²) >= 11 is 0. The van der Waals surface area contributed by atoms with Crippen LogP contribution in [0, 0.1) is 5.82 Å². The van der Waals surface area contributed by atoms with Gasteiger partial charge in [-0.3, -0.25) is 4.79 Å². The largest absolute Gasteiger partial charge is 0.488 e. The van der Waals surface area contributed by atoms with Crippen LogP contribution < -0.4 is 10.2 Å². The van der Waals surface area contributed by atoms with E-state index in [1.807, 2.05) is 18.2 Å². The summed E-state index contributed by atoms with van der Waals surface area (Å²) in [5, 5.41) is 0.182. The molecule has 0 spiro atoms. The van der Waals surface area contributed by atoms with Gasteiger partial charge in [0.1, 0.15) is 12.4 Å². The predicted octanol–water partition coefficient (Wildman–Crippen LogP) is 3.62. The average molecular weight is 314 g/mol. The van der Waals surface area contributed by atoms with Gasteiger partial charge in [0.05, 0.1) is 12.0 Å². The van der Waals surface area contributed by atoms with Gasteiger partial charge in [-0.2, -0.15) is 4.39 Å². The van der Waals surface area contributed by atoms with Crippen LogP contribution in [0.15, 0.2) is 57.7 Å². The number of methoxy groups -OCH3 is 1. The zero-order valence-corrected chi connectivity index (χ0v) is 12.5. The Kier molecular flexibility index (Phi) is 4.39. The summed E-state index contributed by atoms with van der Waals surface area (Å²) in [5.41, 5.74) is 0.301. The van der Waals surface area contributed by atoms with Crippen molar-refractivity contribution in [3.63, 3.8) is 0 Å². The fourth-order valence-electron chi connectivity index (χ4n) is 2.26. The molecule has 0 aliphatic heterocycles. The Balaban J connectivity index is 2.10. The maximum atomic E-state index is 14.6. The fraction of sp³-hybridized carbons (Fsp3) is 0.167. The van der Waals surface area contributed by atoms with Crippen LogP contribution in [0.25, 0.3) is 22.3 Å². The molecule has 0 aliphatic rings. The third-order valence-electron chi connectivity index (χ3n) is 3.40. The van der Waals surface area contributed by atoms with Gasteiger partial charge in [-0.1, -0.05) is 30.3 Å². The molecular formula is C18H15FO4. The van der Waals surface area contributed by atoms with Crippen molar-refractivity contribution in [2.24, 2.45) is 0 Å². The highest BCUT2D eigenvalue weighted by Crippen LogP contribution is 2.28. The Hall–Kier alpha value is -2.66. The number of ether oxygens (including phenoxy) is 2. The summed E-state index contributed by atoms with van der Waals surface area (Å²) in [6.07, 6.45) is 0. The normalized spacial score (nSPS) is 10.9. The second-order valence-corrected chi connectivity index (χ2v) is 4.94. The van der Waals surface area contributed by atoms with Crippen molar-refractivity contribution in [3.05, 3.63) is 64.6 Å². The molecule has 1 heterocycles. The van der Waals surface area contributed by atoms with E-state index in [0.717, 1.165) is 0 Å². The van der Waals surface area contributed by atoms with Crippen LogP contribution in [0.3, 0.4) is 0 Å². The van der Waals surface area contributed by atoms with Crippen molar-refractivity contribution in [1.29, 1.82) is 0 Å². The first-order valence-corrected chi connectivity index (χ1v) is 7.14. The third kappa shape index (κ3) is 3.10. The second kappa shape index (κ2) is 6.62. The zero-order valence-electron chi connectivity index (χ0n) is 12.5. The molecule has 0 bridgehead atoms. The van der Waals surface area contributed by atoms with Crippen LogP contribution in [0.4, 0.5) is 4.39 Å². The molecule has 0 radical (unpaired) electrons. The van der Waals surface area contributed by atoms with Gasteiger partial charge >= 0.3 is 0 Å². The topological polar surface area (TPSA) is 48.7 Å². The molecule has 3 rings (SSSR count). The van der Waals surface area contributed by atoms with Gasteiger partial charge < -0.3 is 13.9 Å². The Morgan fingerprint density at radius 2 is 1.87 bits per heavy atom. The number of halogens is 1. The second-order valence-electron chi connectivity index (χ2n) is 4.94. The molecule has 3 aromatic rings. The standard InChI is InChI=1S/C18H15FO4/c1-21-9-10-22-15-8-7-13-14(20)11-16(23-18(13)17(15)19)12-5-3-2-4-6-12/h2-8,11H,9-10H2,1H3. The minimum Gasteiger partial charge on any atom is -0.488 e. The summed E-state index contributed by atoms with van der Waals surface area (Å²) < 4.78 is 30.4. The maximum Gasteiger partial charge on any atom is 0.208 e. The third-order valence-corrected chi connectivity index (χ3v) is 3.40. The summed E-state index contributed by atoms with van der Waals surface area (Å²) in [4.78, 5) is 12.2. The Morgan fingerprint density at radius 3 is 2.61 bits per heavy atom. The van der Waals surface area contributed by atoms with Crippen LogP contribution in [0.5, 0.6) is 5.75 Å². The lowest BCUT2D eigenvalue weighted by Gasteiger charge is -2.09. The smallest absolute Gasteiger partial charge is 0.208 e. The van der Waals surface area contributed by atoms with E-state index in [0.29, 0.717) is 17.9 Å². The van der Waals surface area contributed by atoms with Gasteiger partial charge in [-0.25, -0.2) is 0 Å². The van der Waals surface area contributed by atoms with Gasteiger partial charge in [0.25, 0.3) is 0 Å². The summed E-state index contributed by atoms with van der Waals surface area (Å²) in [6.45, 7) is 0.549. The van der Waals surface area contributed by atoms with Crippen molar-refractivity contribution >= 4 is 11.0 Å². The first-order chi connectivity index (χ1) is 11.2. The van der Waals surface area contributed by atoms with Crippen LogP contribution in [0.1, 0.15) is 0 Å². The van der Waals surface area contributed by atoms with E-state index >= 15 is 0 Å². The molecule has 0 saturated heterocycles. The number of hydrogen-bond acceptors (Lipinski definition) is 4. The Labute approximate surface area is 132 Å². The number of benzene rings is 2. The minimum absolute atomic E-state index is 0.0305. The molecule has 23 heavy (non-hydrogen) atoms. The minimum atomic E-state index is -0.687. The number of hydrogen-bond donors (Lipinski definition) is 0. The van der Waals surface area contributed by atoms with Crippen molar-refractivity contribution in [2.75, 3.05) is 20.3 Å². The summed E-state index contributed by atoms with van der Waals surface area (Å²) in [5.74, 6) is -0.340. The van der Waals surface area contributed by atoms with Gasteiger partial charge in [0.15, 0.2) is 16.8 Å². The summed E-state index contributed by atoms with van der Waals surface area (Å²) in [7, 11) is 1.53. The predicted molar refractivity (Wildman–Crippen MR) is 85.2 cm³/mol. The number of fused-ring (bicyclic) bond motifs is 1. The zero-order chi connectivity index (χ0) is 16.2. The van der Waals surface area contributed by atoms with Gasteiger partial charge in [0, 0.05) is 18.7 Å². The first kappa shape index (κ1) is 15.2. The molecule has 1 aromatic heterocycles. The number of rotatable bonds is 5. The van der Waals surface area contributed by atoms with E-state index in [2.05, 4.69) is 0 Å². The molecule has 2 aromatic carbocycles. The average Bonchev–Trinajstić information content (AvgIpc) is 2.58. The molecule has 0 fully saturated rings. The summed E-state index contributed by atoms with van der Waals surface area (Å²) in [6, 6.07) is 13.4. The lowest BCUT2D eigenvalue weighted by atomic mass is 10.1. The van der Waals surface area contributed by atoms with E-state index in [1.54, 1.807) is 12.1 Å². The van der Waals surface area contributed by atoms with Crippen LogP contribution in [-0.4, -0.2) is 20.3 Å². The van der Waals surface area contributed by atoms with Crippen LogP contribution >= 0.6 is 0 Å². The van der Waals surface area contributed by atoms with E-state index in [-0.39, 0.29) is 28.8 Å². The van der Waals surface area contributed by atoms with Crippen molar-refractivity contribution in [2.45, 2.75) is 0 Å². The SMILES string of the molecule is COCCOc1ccc2c(=O)cc(-c3ccccc3)oc2c1F. The highest BCUT2D eigenvalue weighted by Gasteiger charge is 2.15. The first-order valence-electron chi connectivity index (χ1n) is 7.14. The molecule has 0 saturated carbocycles. The molecular weight excluding hydrogens is 299 g/mol. The molecule has 5 heteroatoms. The van der Waals surface area contributed by atoms with E-state index in [9.17, 15) is 9.18 Å². The van der Waals surface area contributed by atoms with Crippen molar-refractivity contribution in [1.82, 2.24) is 0 Å². The highest BCUT2D eigenvalue weighted by molar-refractivity contribution is 5.80. The van der Waals surface area contributed by atoms with Gasteiger partial charge in [-0.15, -0.1) is 0 Å². The molecule has 0 amide bonds. The maximum absolute atomic E-state index is 14.6. The molecule has 0 N–H and O–H groups in total. The quantitative estimate of drug-likeness (QED) is 0.675. The van der Waals surface area contributed by atoms with Crippen molar-refractivity contribution in [3.8, 4) is 17.1 Å². The Bertz CT molecular complexity index is 871. The lowest BCUT2D eigenvalue weighted by molar-refractivity contribution is 0.144. The van der Waals surface area contributed by atoms with E-state index in [1.165, 1.54) is 25.3 Å². The van der Waals surface area contributed by atoms with Crippen molar-refractivity contribution < 1.29 is 18.3 Å². The van der Waals surface area contributed by atoms with Crippen LogP contribution in [-0.2, 0) is 4.74 Å². The van der Waals surface area contributed by atoms with E-state index in [4.69, 9.17) is 13.9 Å². The molecule has 118 valence electrons. The Morgan fingerprint density at radius 1 is 1.09 bits per heavy atom. The molecule has 0 aliphatic carbocycles. The van der Waals surface area contributed by atoms with Crippen LogP contribution in [0.2, 0.25) is 0 Å². The van der Waals surface area contributed by atoms with Gasteiger partial charge in [-0.05, 0) is 12.1 Å². The van der Waals surface area contributed by atoms with E-state index < -0.39 is 5.82 Å². The lowest BCUT2D eigenvalue weighted by Crippen LogP contribution is -2.07. The molecule has 0 atom stereocenters. The molecule has 0 unspecified atom stereocenters. The highest BCUT2D eigenvalue weighted by atomic mass is 19.1.